The van der Waals surface area contributed by atoms with Crippen LogP contribution in [0.1, 0.15) is 12.5 Å². The highest BCUT2D eigenvalue weighted by Crippen LogP contribution is 2.09. The van der Waals surface area contributed by atoms with Gasteiger partial charge in [-0.25, -0.2) is 0 Å². The predicted octanol–water partition coefficient (Wildman–Crippen LogP) is 1.32. The van der Waals surface area contributed by atoms with E-state index in [0.29, 0.717) is 12.1 Å². The minimum absolute atomic E-state index is 0.257. The van der Waals surface area contributed by atoms with Gasteiger partial charge in [-0.3, -0.25) is 0 Å². The molecule has 0 spiro atoms. The quantitative estimate of drug-likeness (QED) is 0.728. The predicted molar refractivity (Wildman–Crippen MR) is 53.3 cm³/mol. The molecule has 0 aliphatic heterocycles. The fourth-order valence-corrected chi connectivity index (χ4v) is 0.984. The molecule has 0 aromatic heterocycles. The van der Waals surface area contributed by atoms with Gasteiger partial charge in [-0.1, -0.05) is 0 Å². The molecule has 0 aliphatic carbocycles. The van der Waals surface area contributed by atoms with E-state index >= 15 is 0 Å². The summed E-state index contributed by atoms with van der Waals surface area (Å²) in [6.07, 6.45) is 0. The summed E-state index contributed by atoms with van der Waals surface area (Å²) in [4.78, 5) is 0. The van der Waals surface area contributed by atoms with Crippen LogP contribution in [0.25, 0.3) is 0 Å². The van der Waals surface area contributed by atoms with Gasteiger partial charge in [-0.15, -0.1) is 0 Å². The molecule has 3 heteroatoms. The maximum atomic E-state index is 8.57. The minimum atomic E-state index is 0.257. The Hall–Kier alpha value is -1.53. The first-order valence-electron chi connectivity index (χ1n) is 4.23. The van der Waals surface area contributed by atoms with E-state index in [9.17, 15) is 0 Å². The molecule has 1 atom stereocenters. The third kappa shape index (κ3) is 2.77. The van der Waals surface area contributed by atoms with E-state index in [1.165, 1.54) is 0 Å². The van der Waals surface area contributed by atoms with Crippen LogP contribution < -0.4 is 11.1 Å². The van der Waals surface area contributed by atoms with Gasteiger partial charge in [0.05, 0.1) is 11.6 Å². The van der Waals surface area contributed by atoms with E-state index in [2.05, 4.69) is 11.4 Å². The summed E-state index contributed by atoms with van der Waals surface area (Å²) in [5.74, 6) is 0. The Morgan fingerprint density at radius 2 is 2.08 bits per heavy atom. The standard InChI is InChI=1S/C10H13N3/c1-8(6-11)13-10-4-2-9(7-12)3-5-10/h2-5,8,13H,6,11H2,1H3. The van der Waals surface area contributed by atoms with Crippen molar-refractivity contribution in [3.8, 4) is 6.07 Å². The van der Waals surface area contributed by atoms with Crippen LogP contribution in [-0.4, -0.2) is 12.6 Å². The zero-order chi connectivity index (χ0) is 9.68. The van der Waals surface area contributed by atoms with Gasteiger partial charge in [-0.2, -0.15) is 5.26 Å². The summed E-state index contributed by atoms with van der Waals surface area (Å²) in [7, 11) is 0. The van der Waals surface area contributed by atoms with Gasteiger partial charge in [0.2, 0.25) is 0 Å². The van der Waals surface area contributed by atoms with Gasteiger partial charge in [-0.05, 0) is 31.2 Å². The molecular weight excluding hydrogens is 162 g/mol. The molecule has 1 unspecified atom stereocenters. The van der Waals surface area contributed by atoms with Crippen molar-refractivity contribution in [2.45, 2.75) is 13.0 Å². The summed E-state index contributed by atoms with van der Waals surface area (Å²) < 4.78 is 0. The summed E-state index contributed by atoms with van der Waals surface area (Å²) in [5.41, 5.74) is 7.13. The normalized spacial score (nSPS) is 11.8. The van der Waals surface area contributed by atoms with Crippen molar-refractivity contribution in [1.29, 1.82) is 5.26 Å². The zero-order valence-electron chi connectivity index (χ0n) is 7.62. The summed E-state index contributed by atoms with van der Waals surface area (Å²) in [5, 5.41) is 11.8. The van der Waals surface area contributed by atoms with Crippen molar-refractivity contribution < 1.29 is 0 Å². The topological polar surface area (TPSA) is 61.8 Å². The average molecular weight is 175 g/mol. The molecule has 13 heavy (non-hydrogen) atoms. The largest absolute Gasteiger partial charge is 0.381 e. The highest BCUT2D eigenvalue weighted by Gasteiger charge is 1.98. The molecule has 0 fully saturated rings. The first kappa shape index (κ1) is 9.56. The zero-order valence-corrected chi connectivity index (χ0v) is 7.62. The van der Waals surface area contributed by atoms with Gasteiger partial charge in [0.25, 0.3) is 0 Å². The summed E-state index contributed by atoms with van der Waals surface area (Å²) in [6.45, 7) is 2.61. The second-order valence-corrected chi connectivity index (χ2v) is 2.97. The highest BCUT2D eigenvalue weighted by molar-refractivity contribution is 5.47. The van der Waals surface area contributed by atoms with Crippen LogP contribution in [-0.2, 0) is 0 Å². The van der Waals surface area contributed by atoms with Gasteiger partial charge in [0, 0.05) is 18.3 Å². The molecule has 0 aliphatic rings. The van der Waals surface area contributed by atoms with E-state index in [1.54, 1.807) is 12.1 Å². The maximum Gasteiger partial charge on any atom is 0.0991 e. The van der Waals surface area contributed by atoms with Crippen molar-refractivity contribution >= 4 is 5.69 Å². The van der Waals surface area contributed by atoms with E-state index in [-0.39, 0.29) is 6.04 Å². The molecule has 3 N–H and O–H groups in total. The SMILES string of the molecule is CC(CN)Nc1ccc(C#N)cc1. The van der Waals surface area contributed by atoms with Crippen LogP contribution in [0.15, 0.2) is 24.3 Å². The minimum Gasteiger partial charge on any atom is -0.381 e. The number of rotatable bonds is 3. The Kier molecular flexibility index (Phi) is 3.30. The number of anilines is 1. The molecule has 0 bridgehead atoms. The van der Waals surface area contributed by atoms with E-state index in [1.807, 2.05) is 19.1 Å². The molecule has 1 aromatic carbocycles. The van der Waals surface area contributed by atoms with Crippen LogP contribution in [0, 0.1) is 11.3 Å². The number of nitrogens with two attached hydrogens (primary N) is 1. The van der Waals surface area contributed by atoms with Crippen LogP contribution in [0.5, 0.6) is 0 Å². The molecule has 0 heterocycles. The van der Waals surface area contributed by atoms with Gasteiger partial charge in [0.1, 0.15) is 0 Å². The monoisotopic (exact) mass is 175 g/mol. The number of hydrogen-bond acceptors (Lipinski definition) is 3. The molecule has 3 nitrogen and oxygen atoms in total. The lowest BCUT2D eigenvalue weighted by Crippen LogP contribution is -2.24. The lowest BCUT2D eigenvalue weighted by Gasteiger charge is -2.12. The number of hydrogen-bond donors (Lipinski definition) is 2. The smallest absolute Gasteiger partial charge is 0.0991 e. The van der Waals surface area contributed by atoms with Crippen LogP contribution >= 0.6 is 0 Å². The number of nitrogens with one attached hydrogen (secondary N) is 1. The molecular formula is C10H13N3. The van der Waals surface area contributed by atoms with Gasteiger partial charge >= 0.3 is 0 Å². The first-order chi connectivity index (χ1) is 6.26. The van der Waals surface area contributed by atoms with Gasteiger partial charge < -0.3 is 11.1 Å². The van der Waals surface area contributed by atoms with E-state index in [0.717, 1.165) is 5.69 Å². The second kappa shape index (κ2) is 4.48. The molecule has 0 amide bonds. The molecule has 0 saturated carbocycles. The van der Waals surface area contributed by atoms with Crippen molar-refractivity contribution in [2.24, 2.45) is 5.73 Å². The Labute approximate surface area is 78.2 Å². The number of nitriles is 1. The summed E-state index contributed by atoms with van der Waals surface area (Å²) in [6, 6.07) is 9.65. The molecule has 1 aromatic rings. The Bertz CT molecular complexity index is 297. The maximum absolute atomic E-state index is 8.57. The Balaban J connectivity index is 2.65. The second-order valence-electron chi connectivity index (χ2n) is 2.97. The highest BCUT2D eigenvalue weighted by atomic mass is 14.9. The van der Waals surface area contributed by atoms with E-state index in [4.69, 9.17) is 11.0 Å². The third-order valence-electron chi connectivity index (χ3n) is 1.78. The molecule has 68 valence electrons. The Morgan fingerprint density at radius 1 is 1.46 bits per heavy atom. The fourth-order valence-electron chi connectivity index (χ4n) is 0.984. The molecule has 0 saturated heterocycles. The van der Waals surface area contributed by atoms with Crippen molar-refractivity contribution in [2.75, 3.05) is 11.9 Å². The van der Waals surface area contributed by atoms with Crippen molar-refractivity contribution in [1.82, 2.24) is 0 Å². The first-order valence-corrected chi connectivity index (χ1v) is 4.23. The van der Waals surface area contributed by atoms with Crippen molar-refractivity contribution in [3.05, 3.63) is 29.8 Å². The van der Waals surface area contributed by atoms with Crippen LogP contribution in [0.2, 0.25) is 0 Å². The Morgan fingerprint density at radius 3 is 2.54 bits per heavy atom. The van der Waals surface area contributed by atoms with Crippen LogP contribution in [0.4, 0.5) is 5.69 Å². The lowest BCUT2D eigenvalue weighted by atomic mass is 10.2. The molecule has 1 rings (SSSR count). The van der Waals surface area contributed by atoms with E-state index < -0.39 is 0 Å². The molecule has 0 radical (unpaired) electrons. The average Bonchev–Trinajstić information content (AvgIpc) is 2.19. The number of nitrogens with zero attached hydrogens (tertiary/aromatic N) is 1. The van der Waals surface area contributed by atoms with Crippen LogP contribution in [0.3, 0.4) is 0 Å². The third-order valence-corrected chi connectivity index (χ3v) is 1.78. The van der Waals surface area contributed by atoms with Gasteiger partial charge in [0.15, 0.2) is 0 Å². The lowest BCUT2D eigenvalue weighted by molar-refractivity contribution is 0.804. The number of benzene rings is 1. The summed E-state index contributed by atoms with van der Waals surface area (Å²) >= 11 is 0. The fraction of sp³-hybridized carbons (Fsp3) is 0.300. The van der Waals surface area contributed by atoms with Crippen molar-refractivity contribution in [3.63, 3.8) is 0 Å².